The van der Waals surface area contributed by atoms with Gasteiger partial charge in [-0.15, -0.1) is 12.4 Å². The molecule has 2 aliphatic heterocycles. The van der Waals surface area contributed by atoms with Gasteiger partial charge >= 0.3 is 0 Å². The molecular formula is C16H23ClN4O. The third kappa shape index (κ3) is 4.30. The van der Waals surface area contributed by atoms with E-state index in [0.29, 0.717) is 6.54 Å². The van der Waals surface area contributed by atoms with Crippen LogP contribution in [0.25, 0.3) is 0 Å². The molecular weight excluding hydrogens is 300 g/mol. The molecule has 22 heavy (non-hydrogen) atoms. The van der Waals surface area contributed by atoms with Crippen LogP contribution in [0.3, 0.4) is 0 Å². The molecule has 3 rings (SSSR count). The smallest absolute Gasteiger partial charge is 0.238 e. The quantitative estimate of drug-likeness (QED) is 0.626. The van der Waals surface area contributed by atoms with Gasteiger partial charge < -0.3 is 10.6 Å². The lowest BCUT2D eigenvalue weighted by molar-refractivity contribution is -0.122. The summed E-state index contributed by atoms with van der Waals surface area (Å²) < 4.78 is 0. The van der Waals surface area contributed by atoms with Crippen LogP contribution >= 0.6 is 12.4 Å². The van der Waals surface area contributed by atoms with Crippen molar-refractivity contribution in [1.82, 2.24) is 21.5 Å². The van der Waals surface area contributed by atoms with E-state index in [4.69, 9.17) is 0 Å². The van der Waals surface area contributed by atoms with Gasteiger partial charge in [-0.1, -0.05) is 42.0 Å². The van der Waals surface area contributed by atoms with Crippen molar-refractivity contribution in [2.24, 2.45) is 0 Å². The lowest BCUT2D eigenvalue weighted by Crippen LogP contribution is -2.44. The van der Waals surface area contributed by atoms with E-state index in [-0.39, 0.29) is 30.4 Å². The number of amides is 1. The Labute approximate surface area is 137 Å². The molecule has 1 fully saturated rings. The summed E-state index contributed by atoms with van der Waals surface area (Å²) in [5, 5.41) is 6.30. The first-order valence-corrected chi connectivity index (χ1v) is 7.55. The topological polar surface area (TPSA) is 65.2 Å². The van der Waals surface area contributed by atoms with Crippen molar-refractivity contribution in [2.75, 3.05) is 19.6 Å². The molecule has 2 unspecified atom stereocenters. The molecule has 4 N–H and O–H groups in total. The lowest BCUT2D eigenvalue weighted by atomic mass is 10.0. The predicted molar refractivity (Wildman–Crippen MR) is 89.7 cm³/mol. The van der Waals surface area contributed by atoms with Crippen molar-refractivity contribution in [2.45, 2.75) is 24.9 Å². The van der Waals surface area contributed by atoms with Crippen LogP contribution in [-0.2, 0) is 4.79 Å². The highest BCUT2D eigenvalue weighted by molar-refractivity contribution is 5.85. The Hall–Kier alpha value is -1.40. The zero-order valence-electron chi connectivity index (χ0n) is 12.5. The normalized spacial score (nSPS) is 24.3. The van der Waals surface area contributed by atoms with Gasteiger partial charge in [0.2, 0.25) is 5.91 Å². The molecule has 1 aromatic rings. The van der Waals surface area contributed by atoms with Crippen molar-refractivity contribution < 1.29 is 4.79 Å². The van der Waals surface area contributed by atoms with Crippen LogP contribution in [0, 0.1) is 0 Å². The number of benzene rings is 1. The minimum absolute atomic E-state index is 0. The number of hydrogen-bond acceptors (Lipinski definition) is 4. The molecule has 0 aromatic heterocycles. The first-order valence-electron chi connectivity index (χ1n) is 7.55. The molecule has 1 amide bonds. The highest BCUT2D eigenvalue weighted by atomic mass is 35.5. The van der Waals surface area contributed by atoms with Crippen molar-refractivity contribution in [1.29, 1.82) is 0 Å². The maximum Gasteiger partial charge on any atom is 0.238 e. The second-order valence-corrected chi connectivity index (χ2v) is 5.57. The van der Waals surface area contributed by atoms with Gasteiger partial charge in [0.05, 0.1) is 0 Å². The minimum Gasteiger partial charge on any atom is -0.351 e. The molecule has 2 atom stereocenters. The fourth-order valence-corrected chi connectivity index (χ4v) is 2.79. The molecule has 120 valence electrons. The number of nitrogens with one attached hydrogen (secondary N) is 4. The van der Waals surface area contributed by atoms with Gasteiger partial charge in [0, 0.05) is 19.1 Å². The van der Waals surface area contributed by atoms with E-state index in [0.717, 1.165) is 25.9 Å². The summed E-state index contributed by atoms with van der Waals surface area (Å²) in [5.74, 6) is 0.0698. The van der Waals surface area contributed by atoms with Gasteiger partial charge in [-0.25, -0.2) is 10.9 Å². The molecule has 1 aromatic carbocycles. The fraction of sp³-hybridized carbons (Fsp3) is 0.438. The highest BCUT2D eigenvalue weighted by Crippen LogP contribution is 2.21. The van der Waals surface area contributed by atoms with E-state index in [1.165, 1.54) is 11.1 Å². The van der Waals surface area contributed by atoms with Crippen LogP contribution in [-0.4, -0.2) is 31.6 Å². The van der Waals surface area contributed by atoms with Gasteiger partial charge in [0.1, 0.15) is 6.04 Å². The summed E-state index contributed by atoms with van der Waals surface area (Å²) in [5.41, 5.74) is 8.83. The second-order valence-electron chi connectivity index (χ2n) is 5.57. The average molecular weight is 323 g/mol. The largest absolute Gasteiger partial charge is 0.351 e. The maximum atomic E-state index is 12.2. The van der Waals surface area contributed by atoms with E-state index in [1.807, 2.05) is 18.2 Å². The number of carbonyl (C=O) groups excluding carboxylic acids is 1. The van der Waals surface area contributed by atoms with E-state index < -0.39 is 0 Å². The molecule has 2 aliphatic rings. The molecule has 5 nitrogen and oxygen atoms in total. The monoisotopic (exact) mass is 322 g/mol. The summed E-state index contributed by atoms with van der Waals surface area (Å²) in [6.45, 7) is 2.57. The molecule has 0 saturated carbocycles. The van der Waals surface area contributed by atoms with Crippen LogP contribution in [0.15, 0.2) is 42.0 Å². The van der Waals surface area contributed by atoms with Crippen molar-refractivity contribution >= 4 is 18.3 Å². The summed E-state index contributed by atoms with van der Waals surface area (Å²) in [6.07, 6.45) is 3.95. The zero-order valence-corrected chi connectivity index (χ0v) is 13.3. The Kier molecular flexibility index (Phi) is 6.39. The van der Waals surface area contributed by atoms with Crippen LogP contribution < -0.4 is 21.5 Å². The number of halogens is 1. The maximum absolute atomic E-state index is 12.2. The van der Waals surface area contributed by atoms with Gasteiger partial charge in [-0.2, -0.15) is 0 Å². The van der Waals surface area contributed by atoms with Gasteiger partial charge in [0.15, 0.2) is 0 Å². The molecule has 1 saturated heterocycles. The molecule has 0 radical (unpaired) electrons. The Bertz CT molecular complexity index is 520. The third-order valence-corrected chi connectivity index (χ3v) is 4.07. The Morgan fingerprint density at radius 3 is 2.77 bits per heavy atom. The van der Waals surface area contributed by atoms with E-state index in [1.54, 1.807) is 0 Å². The Morgan fingerprint density at radius 2 is 2.05 bits per heavy atom. The zero-order chi connectivity index (χ0) is 14.5. The third-order valence-electron chi connectivity index (χ3n) is 4.07. The highest BCUT2D eigenvalue weighted by Gasteiger charge is 2.29. The van der Waals surface area contributed by atoms with E-state index in [2.05, 4.69) is 39.7 Å². The van der Waals surface area contributed by atoms with E-state index >= 15 is 0 Å². The summed E-state index contributed by atoms with van der Waals surface area (Å²) in [6, 6.07) is 10.2. The van der Waals surface area contributed by atoms with Crippen molar-refractivity contribution in [3.63, 3.8) is 0 Å². The second kappa shape index (κ2) is 8.29. The predicted octanol–water partition coefficient (Wildman–Crippen LogP) is 1.05. The molecule has 2 heterocycles. The lowest BCUT2D eigenvalue weighted by Gasteiger charge is -2.16. The first kappa shape index (κ1) is 17.0. The molecule has 0 bridgehead atoms. The number of hydrazine groups is 1. The number of hydrogen-bond donors (Lipinski definition) is 4. The van der Waals surface area contributed by atoms with Gasteiger partial charge in [0.25, 0.3) is 0 Å². The Morgan fingerprint density at radius 1 is 1.23 bits per heavy atom. The minimum atomic E-state index is -0.169. The average Bonchev–Trinajstić information content (AvgIpc) is 3.04. The number of carbonyl (C=O) groups is 1. The van der Waals surface area contributed by atoms with Gasteiger partial charge in [-0.05, 0) is 24.9 Å². The van der Waals surface area contributed by atoms with Crippen LogP contribution in [0.5, 0.6) is 0 Å². The standard InChI is InChI=1S/C16H22N4O.ClH/c21-16(18-11-12-6-8-17-9-7-12)15-10-14(19-20-15)13-4-2-1-3-5-13;/h1-6,14-15,17,19-20H,7-11H2,(H,18,21);1H. The van der Waals surface area contributed by atoms with E-state index in [9.17, 15) is 4.79 Å². The SMILES string of the molecule is Cl.O=C(NCC1=CCNCC1)C1CC(c2ccccc2)NN1. The molecule has 0 spiro atoms. The molecule has 0 aliphatic carbocycles. The first-order chi connectivity index (χ1) is 10.3. The Balaban J connectivity index is 0.00000176. The van der Waals surface area contributed by atoms with Crippen LogP contribution in [0.1, 0.15) is 24.4 Å². The summed E-state index contributed by atoms with van der Waals surface area (Å²) in [4.78, 5) is 12.2. The van der Waals surface area contributed by atoms with Crippen molar-refractivity contribution in [3.05, 3.63) is 47.5 Å². The summed E-state index contributed by atoms with van der Waals surface area (Å²) >= 11 is 0. The fourth-order valence-electron chi connectivity index (χ4n) is 2.79. The van der Waals surface area contributed by atoms with Gasteiger partial charge in [-0.3, -0.25) is 4.79 Å². The van der Waals surface area contributed by atoms with Crippen LogP contribution in [0.2, 0.25) is 0 Å². The van der Waals surface area contributed by atoms with Crippen molar-refractivity contribution in [3.8, 4) is 0 Å². The summed E-state index contributed by atoms with van der Waals surface area (Å²) in [7, 11) is 0. The number of rotatable bonds is 4. The molecule has 6 heteroatoms. The van der Waals surface area contributed by atoms with Crippen LogP contribution in [0.4, 0.5) is 0 Å².